The van der Waals surface area contributed by atoms with Gasteiger partial charge in [0, 0.05) is 23.2 Å². The van der Waals surface area contributed by atoms with Crippen molar-refractivity contribution in [2.75, 3.05) is 0 Å². The molecule has 0 fully saturated rings. The number of pyridine rings is 1. The summed E-state index contributed by atoms with van der Waals surface area (Å²) in [7, 11) is 0. The SMILES string of the molecule is OC(CCc1ccccn1)Cc1ccc(Br)s1. The van der Waals surface area contributed by atoms with Crippen LogP contribution >= 0.6 is 27.3 Å². The second kappa shape index (κ2) is 6.28. The fourth-order valence-electron chi connectivity index (χ4n) is 1.66. The first-order chi connectivity index (χ1) is 8.24. The summed E-state index contributed by atoms with van der Waals surface area (Å²) in [5.74, 6) is 0. The first-order valence-corrected chi connectivity index (χ1v) is 7.17. The largest absolute Gasteiger partial charge is 0.393 e. The van der Waals surface area contributed by atoms with Gasteiger partial charge in [-0.05, 0) is 53.0 Å². The van der Waals surface area contributed by atoms with Crippen molar-refractivity contribution in [1.29, 1.82) is 0 Å². The highest BCUT2D eigenvalue weighted by atomic mass is 79.9. The van der Waals surface area contributed by atoms with Gasteiger partial charge >= 0.3 is 0 Å². The molecule has 0 bridgehead atoms. The van der Waals surface area contributed by atoms with E-state index < -0.39 is 0 Å². The Morgan fingerprint density at radius 1 is 1.29 bits per heavy atom. The molecule has 4 heteroatoms. The molecule has 2 aromatic rings. The van der Waals surface area contributed by atoms with E-state index in [1.54, 1.807) is 17.5 Å². The Morgan fingerprint density at radius 3 is 2.82 bits per heavy atom. The third kappa shape index (κ3) is 4.22. The van der Waals surface area contributed by atoms with Crippen molar-refractivity contribution in [2.24, 2.45) is 0 Å². The van der Waals surface area contributed by atoms with E-state index in [2.05, 4.69) is 27.0 Å². The number of nitrogens with zero attached hydrogens (tertiary/aromatic N) is 1. The summed E-state index contributed by atoms with van der Waals surface area (Å²) >= 11 is 5.10. The normalized spacial score (nSPS) is 12.6. The molecule has 0 saturated heterocycles. The van der Waals surface area contributed by atoms with Gasteiger partial charge in [0.2, 0.25) is 0 Å². The van der Waals surface area contributed by atoms with E-state index in [9.17, 15) is 5.11 Å². The standard InChI is InChI=1S/C13H14BrNOS/c14-13-7-6-12(17-13)9-11(16)5-4-10-3-1-2-8-15-10/h1-3,6-8,11,16H,4-5,9H2. The summed E-state index contributed by atoms with van der Waals surface area (Å²) in [5, 5.41) is 9.94. The molecule has 1 N–H and O–H groups in total. The van der Waals surface area contributed by atoms with Crippen LogP contribution < -0.4 is 0 Å². The van der Waals surface area contributed by atoms with Crippen molar-refractivity contribution in [3.8, 4) is 0 Å². The Kier molecular flexibility index (Phi) is 4.71. The smallest absolute Gasteiger partial charge is 0.0701 e. The minimum atomic E-state index is -0.289. The lowest BCUT2D eigenvalue weighted by atomic mass is 10.1. The van der Waals surface area contributed by atoms with Gasteiger partial charge in [-0.25, -0.2) is 0 Å². The van der Waals surface area contributed by atoms with Gasteiger partial charge in [-0.1, -0.05) is 6.07 Å². The summed E-state index contributed by atoms with van der Waals surface area (Å²) < 4.78 is 1.12. The molecule has 0 aromatic carbocycles. The van der Waals surface area contributed by atoms with Gasteiger partial charge in [0.05, 0.1) is 9.89 Å². The molecule has 0 radical (unpaired) electrons. The summed E-state index contributed by atoms with van der Waals surface area (Å²) in [6, 6.07) is 9.95. The van der Waals surface area contributed by atoms with Gasteiger partial charge in [-0.3, -0.25) is 4.98 Å². The van der Waals surface area contributed by atoms with Crippen LogP contribution in [-0.2, 0) is 12.8 Å². The monoisotopic (exact) mass is 311 g/mol. The summed E-state index contributed by atoms with van der Waals surface area (Å²) in [5.41, 5.74) is 1.04. The van der Waals surface area contributed by atoms with Gasteiger partial charge in [0.1, 0.15) is 0 Å². The quantitative estimate of drug-likeness (QED) is 0.917. The maximum Gasteiger partial charge on any atom is 0.0701 e. The number of rotatable bonds is 5. The molecular weight excluding hydrogens is 298 g/mol. The molecule has 2 heterocycles. The van der Waals surface area contributed by atoms with E-state index >= 15 is 0 Å². The Morgan fingerprint density at radius 2 is 2.18 bits per heavy atom. The molecule has 2 nitrogen and oxygen atoms in total. The maximum absolute atomic E-state index is 9.94. The number of aryl methyl sites for hydroxylation is 1. The van der Waals surface area contributed by atoms with Crippen molar-refractivity contribution in [3.05, 3.63) is 50.9 Å². The Bertz CT molecular complexity index is 457. The maximum atomic E-state index is 9.94. The average molecular weight is 312 g/mol. The van der Waals surface area contributed by atoms with Crippen LogP contribution in [0.5, 0.6) is 0 Å². The average Bonchev–Trinajstić information content (AvgIpc) is 2.73. The van der Waals surface area contributed by atoms with E-state index in [4.69, 9.17) is 0 Å². The van der Waals surface area contributed by atoms with E-state index in [0.717, 1.165) is 28.7 Å². The zero-order valence-electron chi connectivity index (χ0n) is 9.34. The van der Waals surface area contributed by atoms with E-state index in [1.807, 2.05) is 24.3 Å². The molecule has 1 atom stereocenters. The lowest BCUT2D eigenvalue weighted by Crippen LogP contribution is -2.11. The second-order valence-electron chi connectivity index (χ2n) is 3.92. The van der Waals surface area contributed by atoms with Crippen molar-refractivity contribution in [1.82, 2.24) is 4.98 Å². The number of hydrogen-bond donors (Lipinski definition) is 1. The van der Waals surface area contributed by atoms with Gasteiger partial charge in [-0.15, -0.1) is 11.3 Å². The zero-order chi connectivity index (χ0) is 12.1. The first-order valence-electron chi connectivity index (χ1n) is 5.56. The number of halogens is 1. The number of thiophene rings is 1. The highest BCUT2D eigenvalue weighted by Crippen LogP contribution is 2.23. The molecule has 0 aliphatic rings. The first kappa shape index (κ1) is 12.7. The highest BCUT2D eigenvalue weighted by Gasteiger charge is 2.08. The molecule has 2 rings (SSSR count). The fraction of sp³-hybridized carbons (Fsp3) is 0.308. The van der Waals surface area contributed by atoms with Crippen molar-refractivity contribution in [3.63, 3.8) is 0 Å². The van der Waals surface area contributed by atoms with Crippen LogP contribution in [0.2, 0.25) is 0 Å². The van der Waals surface area contributed by atoms with Gasteiger partial charge in [-0.2, -0.15) is 0 Å². The Balaban J connectivity index is 1.80. The zero-order valence-corrected chi connectivity index (χ0v) is 11.7. The van der Waals surface area contributed by atoms with Crippen LogP contribution in [0.25, 0.3) is 0 Å². The number of aliphatic hydroxyl groups is 1. The van der Waals surface area contributed by atoms with E-state index in [-0.39, 0.29) is 6.10 Å². The molecule has 0 aliphatic heterocycles. The third-order valence-electron chi connectivity index (χ3n) is 2.53. The molecule has 2 aromatic heterocycles. The fourth-order valence-corrected chi connectivity index (χ4v) is 3.21. The number of aliphatic hydroxyl groups excluding tert-OH is 1. The van der Waals surface area contributed by atoms with Crippen LogP contribution in [-0.4, -0.2) is 16.2 Å². The minimum absolute atomic E-state index is 0.289. The van der Waals surface area contributed by atoms with Gasteiger partial charge in [0.15, 0.2) is 0 Å². The van der Waals surface area contributed by atoms with Crippen LogP contribution in [0.15, 0.2) is 40.3 Å². The highest BCUT2D eigenvalue weighted by molar-refractivity contribution is 9.11. The lowest BCUT2D eigenvalue weighted by Gasteiger charge is -2.08. The molecule has 1 unspecified atom stereocenters. The van der Waals surface area contributed by atoms with Crippen molar-refractivity contribution < 1.29 is 5.11 Å². The van der Waals surface area contributed by atoms with Crippen LogP contribution in [0.4, 0.5) is 0 Å². The van der Waals surface area contributed by atoms with E-state index in [1.165, 1.54) is 4.88 Å². The predicted molar refractivity (Wildman–Crippen MR) is 74.3 cm³/mol. The molecular formula is C13H14BrNOS. The van der Waals surface area contributed by atoms with Gasteiger partial charge in [0.25, 0.3) is 0 Å². The summed E-state index contributed by atoms with van der Waals surface area (Å²) in [4.78, 5) is 5.46. The molecule has 0 spiro atoms. The molecule has 90 valence electrons. The third-order valence-corrected chi connectivity index (χ3v) is 4.17. The summed E-state index contributed by atoms with van der Waals surface area (Å²) in [6.45, 7) is 0. The molecule has 0 saturated carbocycles. The van der Waals surface area contributed by atoms with Crippen LogP contribution in [0.1, 0.15) is 17.0 Å². The molecule has 0 aliphatic carbocycles. The number of hydrogen-bond acceptors (Lipinski definition) is 3. The summed E-state index contributed by atoms with van der Waals surface area (Å²) in [6.07, 6.45) is 3.81. The lowest BCUT2D eigenvalue weighted by molar-refractivity contribution is 0.165. The van der Waals surface area contributed by atoms with E-state index in [0.29, 0.717) is 0 Å². The van der Waals surface area contributed by atoms with Crippen molar-refractivity contribution >= 4 is 27.3 Å². The van der Waals surface area contributed by atoms with Gasteiger partial charge < -0.3 is 5.11 Å². The predicted octanol–water partition coefficient (Wildman–Crippen LogP) is 3.44. The molecule has 0 amide bonds. The molecule has 17 heavy (non-hydrogen) atoms. The van der Waals surface area contributed by atoms with Crippen LogP contribution in [0, 0.1) is 0 Å². The topological polar surface area (TPSA) is 33.1 Å². The Hall–Kier alpha value is -0.710. The number of aromatic nitrogens is 1. The van der Waals surface area contributed by atoms with Crippen LogP contribution in [0.3, 0.4) is 0 Å². The minimum Gasteiger partial charge on any atom is -0.393 e. The Labute approximate surface area is 113 Å². The van der Waals surface area contributed by atoms with Crippen molar-refractivity contribution in [2.45, 2.75) is 25.4 Å². The second-order valence-corrected chi connectivity index (χ2v) is 6.47.